The van der Waals surface area contributed by atoms with E-state index < -0.39 is 23.6 Å². The summed E-state index contributed by atoms with van der Waals surface area (Å²) in [4.78, 5) is 13.1. The van der Waals surface area contributed by atoms with Crippen LogP contribution in [0.2, 0.25) is 5.15 Å². The summed E-state index contributed by atoms with van der Waals surface area (Å²) in [5.41, 5.74) is -0.885. The molecule has 0 amide bonds. The maximum Gasteiger partial charge on any atom is 0.416 e. The normalized spacial score (nSPS) is 18.5. The third-order valence-corrected chi connectivity index (χ3v) is 3.59. The summed E-state index contributed by atoms with van der Waals surface area (Å²) in [6.07, 6.45) is -3.02. The van der Waals surface area contributed by atoms with E-state index in [0.29, 0.717) is 18.3 Å². The highest BCUT2D eigenvalue weighted by Gasteiger charge is 2.35. The Hall–Kier alpha value is -1.93. The Morgan fingerprint density at radius 1 is 1.17 bits per heavy atom. The Morgan fingerprint density at radius 2 is 1.96 bits per heavy atom. The number of halogens is 5. The van der Waals surface area contributed by atoms with Gasteiger partial charge in [0.05, 0.1) is 18.2 Å². The average Bonchev–Trinajstić information content (AvgIpc) is 2.95. The lowest BCUT2D eigenvalue weighted by atomic mass is 10.0. The van der Waals surface area contributed by atoms with Crippen molar-refractivity contribution in [2.24, 2.45) is 0 Å². The van der Waals surface area contributed by atoms with Crippen molar-refractivity contribution in [2.45, 2.75) is 18.6 Å². The summed E-state index contributed by atoms with van der Waals surface area (Å²) in [5, 5.41) is 1.49. The van der Waals surface area contributed by atoms with Crippen LogP contribution in [-0.2, 0) is 11.0 Å². The molecule has 1 aliphatic heterocycles. The second kappa shape index (κ2) is 5.93. The molecule has 23 heavy (non-hydrogen) atoms. The van der Waals surface area contributed by atoms with Crippen LogP contribution in [0.4, 0.5) is 23.4 Å². The molecule has 0 bridgehead atoms. The molecule has 0 saturated carbocycles. The highest BCUT2D eigenvalue weighted by molar-refractivity contribution is 6.29. The summed E-state index contributed by atoms with van der Waals surface area (Å²) in [6.45, 7) is 0.268. The lowest BCUT2D eigenvalue weighted by Crippen LogP contribution is -2.23. The highest BCUT2D eigenvalue weighted by atomic mass is 35.5. The quantitative estimate of drug-likeness (QED) is 0.603. The van der Waals surface area contributed by atoms with Gasteiger partial charge in [-0.2, -0.15) is 13.2 Å². The molecule has 0 radical (unpaired) electrons. The van der Waals surface area contributed by atoms with E-state index in [2.05, 4.69) is 9.97 Å². The number of hydroxylamine groups is 1. The molecule has 9 heteroatoms. The summed E-state index contributed by atoms with van der Waals surface area (Å²) in [5.74, 6) is -0.660. The van der Waals surface area contributed by atoms with Crippen molar-refractivity contribution >= 4 is 17.4 Å². The Morgan fingerprint density at radius 3 is 2.65 bits per heavy atom. The Balaban J connectivity index is 1.99. The molecule has 122 valence electrons. The molecule has 2 aromatic rings. The number of alkyl halides is 3. The summed E-state index contributed by atoms with van der Waals surface area (Å²) in [6, 6.07) is 3.26. The van der Waals surface area contributed by atoms with E-state index in [0.717, 1.165) is 12.1 Å². The van der Waals surface area contributed by atoms with Crippen LogP contribution in [0.25, 0.3) is 0 Å². The van der Waals surface area contributed by atoms with E-state index in [1.54, 1.807) is 0 Å². The summed E-state index contributed by atoms with van der Waals surface area (Å²) < 4.78 is 52.2. The largest absolute Gasteiger partial charge is 0.416 e. The fourth-order valence-electron chi connectivity index (χ4n) is 2.41. The molecule has 1 aromatic heterocycles. The predicted octanol–water partition coefficient (Wildman–Crippen LogP) is 4.17. The predicted molar refractivity (Wildman–Crippen MR) is 74.2 cm³/mol. The van der Waals surface area contributed by atoms with E-state index >= 15 is 0 Å². The number of benzene rings is 1. The van der Waals surface area contributed by atoms with Gasteiger partial charge in [0.1, 0.15) is 17.3 Å². The third kappa shape index (κ3) is 3.37. The zero-order valence-electron chi connectivity index (χ0n) is 11.5. The van der Waals surface area contributed by atoms with Crippen LogP contribution in [0.3, 0.4) is 0 Å². The minimum atomic E-state index is -4.63. The Bertz CT molecular complexity index is 725. The number of hydrogen-bond donors (Lipinski definition) is 0. The SMILES string of the molecule is Fc1cc([C@H]2CCON2c2cc(Cl)ncn2)cc(C(F)(F)F)c1. The van der Waals surface area contributed by atoms with Crippen LogP contribution >= 0.6 is 11.6 Å². The number of rotatable bonds is 2. The first-order valence-electron chi connectivity index (χ1n) is 6.62. The van der Waals surface area contributed by atoms with E-state index in [-0.39, 0.29) is 17.3 Å². The molecule has 1 aromatic carbocycles. The number of anilines is 1. The summed E-state index contributed by atoms with van der Waals surface area (Å²) >= 11 is 5.79. The molecule has 0 N–H and O–H groups in total. The van der Waals surface area contributed by atoms with Gasteiger partial charge in [0.15, 0.2) is 5.82 Å². The molecule has 0 spiro atoms. The second-order valence-electron chi connectivity index (χ2n) is 4.93. The van der Waals surface area contributed by atoms with E-state index in [1.165, 1.54) is 17.5 Å². The van der Waals surface area contributed by atoms with Gasteiger partial charge in [-0.3, -0.25) is 4.84 Å². The van der Waals surface area contributed by atoms with Crippen LogP contribution in [0.15, 0.2) is 30.6 Å². The number of hydrogen-bond acceptors (Lipinski definition) is 4. The van der Waals surface area contributed by atoms with Gasteiger partial charge in [-0.15, -0.1) is 0 Å². The standard InChI is InChI=1S/C14H10ClF4N3O/c15-12-6-13(21-7-20-12)22-11(1-2-23-22)8-3-9(14(17,18)19)5-10(16)4-8/h3-7,11H,1-2H2/t11-/m1/s1. The lowest BCUT2D eigenvalue weighted by molar-refractivity contribution is -0.137. The lowest BCUT2D eigenvalue weighted by Gasteiger charge is -2.24. The van der Waals surface area contributed by atoms with Crippen molar-refractivity contribution in [1.82, 2.24) is 9.97 Å². The minimum absolute atomic E-state index is 0.157. The molecule has 4 nitrogen and oxygen atoms in total. The van der Waals surface area contributed by atoms with Gasteiger partial charge in [0.2, 0.25) is 0 Å². The molecule has 3 rings (SSSR count). The average molecular weight is 348 g/mol. The van der Waals surface area contributed by atoms with E-state index in [1.807, 2.05) is 0 Å². The Labute approximate surface area is 133 Å². The first kappa shape index (κ1) is 15.9. The second-order valence-corrected chi connectivity index (χ2v) is 5.32. The highest BCUT2D eigenvalue weighted by Crippen LogP contribution is 2.37. The van der Waals surface area contributed by atoms with Crippen molar-refractivity contribution in [3.8, 4) is 0 Å². The molecule has 2 heterocycles. The van der Waals surface area contributed by atoms with Crippen molar-refractivity contribution < 1.29 is 22.4 Å². The fraction of sp³-hybridized carbons (Fsp3) is 0.286. The fourth-order valence-corrected chi connectivity index (χ4v) is 2.55. The van der Waals surface area contributed by atoms with Gasteiger partial charge in [-0.25, -0.2) is 19.4 Å². The van der Waals surface area contributed by atoms with Gasteiger partial charge in [0, 0.05) is 12.5 Å². The van der Waals surface area contributed by atoms with Crippen LogP contribution in [0, 0.1) is 5.82 Å². The van der Waals surface area contributed by atoms with Crippen LogP contribution in [-0.4, -0.2) is 16.6 Å². The van der Waals surface area contributed by atoms with Gasteiger partial charge >= 0.3 is 6.18 Å². The van der Waals surface area contributed by atoms with Gasteiger partial charge in [0.25, 0.3) is 0 Å². The van der Waals surface area contributed by atoms with Crippen LogP contribution < -0.4 is 5.06 Å². The van der Waals surface area contributed by atoms with Gasteiger partial charge < -0.3 is 0 Å². The molecule has 1 aliphatic rings. The number of aromatic nitrogens is 2. The minimum Gasteiger partial charge on any atom is -0.271 e. The molecular weight excluding hydrogens is 338 g/mol. The van der Waals surface area contributed by atoms with E-state index in [4.69, 9.17) is 16.4 Å². The zero-order chi connectivity index (χ0) is 16.6. The molecular formula is C14H10ClF4N3O. The first-order chi connectivity index (χ1) is 10.8. The van der Waals surface area contributed by atoms with Crippen molar-refractivity contribution in [3.63, 3.8) is 0 Å². The molecule has 0 aliphatic carbocycles. The van der Waals surface area contributed by atoms with Gasteiger partial charge in [-0.1, -0.05) is 11.6 Å². The third-order valence-electron chi connectivity index (χ3n) is 3.38. The maximum atomic E-state index is 13.6. The number of nitrogens with zero attached hydrogens (tertiary/aromatic N) is 3. The smallest absolute Gasteiger partial charge is 0.271 e. The molecule has 1 atom stereocenters. The maximum absolute atomic E-state index is 13.6. The van der Waals surface area contributed by atoms with Gasteiger partial charge in [-0.05, 0) is 23.8 Å². The molecule has 1 fully saturated rings. The topological polar surface area (TPSA) is 38.2 Å². The zero-order valence-corrected chi connectivity index (χ0v) is 12.3. The summed E-state index contributed by atoms with van der Waals surface area (Å²) in [7, 11) is 0. The van der Waals surface area contributed by atoms with Crippen LogP contribution in [0.1, 0.15) is 23.6 Å². The monoisotopic (exact) mass is 347 g/mol. The first-order valence-corrected chi connectivity index (χ1v) is 7.00. The van der Waals surface area contributed by atoms with Crippen molar-refractivity contribution in [1.29, 1.82) is 0 Å². The molecule has 0 unspecified atom stereocenters. The van der Waals surface area contributed by atoms with E-state index in [9.17, 15) is 17.6 Å². The van der Waals surface area contributed by atoms with Crippen molar-refractivity contribution in [2.75, 3.05) is 11.7 Å². The molecule has 1 saturated heterocycles. The Kier molecular flexibility index (Phi) is 4.11. The van der Waals surface area contributed by atoms with Crippen LogP contribution in [0.5, 0.6) is 0 Å². The van der Waals surface area contributed by atoms with Crippen molar-refractivity contribution in [3.05, 3.63) is 52.7 Å².